The maximum atomic E-state index is 11.9. The van der Waals surface area contributed by atoms with Crippen LogP contribution in [0, 0.1) is 5.41 Å². The van der Waals surface area contributed by atoms with Crippen molar-refractivity contribution in [3.8, 4) is 0 Å². The van der Waals surface area contributed by atoms with E-state index in [9.17, 15) is 9.90 Å². The van der Waals surface area contributed by atoms with Gasteiger partial charge >= 0.3 is 0 Å². The summed E-state index contributed by atoms with van der Waals surface area (Å²) in [5, 5.41) is 12.5. The molecule has 1 aromatic rings. The van der Waals surface area contributed by atoms with Gasteiger partial charge in [0.2, 0.25) is 5.91 Å². The van der Waals surface area contributed by atoms with Gasteiger partial charge in [-0.2, -0.15) is 0 Å². The van der Waals surface area contributed by atoms with Crippen molar-refractivity contribution in [2.24, 2.45) is 5.41 Å². The zero-order chi connectivity index (χ0) is 15.1. The molecule has 0 aliphatic heterocycles. The number of benzene rings is 1. The first-order valence-corrected chi connectivity index (χ1v) is 7.56. The molecule has 4 heteroatoms. The van der Waals surface area contributed by atoms with Crippen LogP contribution in [0.1, 0.15) is 37.7 Å². The van der Waals surface area contributed by atoms with E-state index in [0.717, 1.165) is 31.2 Å². The topological polar surface area (TPSA) is 75.4 Å². The summed E-state index contributed by atoms with van der Waals surface area (Å²) in [4.78, 5) is 11.9. The fraction of sp³-hybridized carbons (Fsp3) is 0.471. The average molecular weight is 288 g/mol. The molecule has 1 aromatic carbocycles. The molecular formula is C17H24N2O2. The monoisotopic (exact) mass is 288 g/mol. The van der Waals surface area contributed by atoms with Crippen LogP contribution >= 0.6 is 0 Å². The Morgan fingerprint density at radius 3 is 2.76 bits per heavy atom. The van der Waals surface area contributed by atoms with E-state index in [-0.39, 0.29) is 17.9 Å². The third-order valence-corrected chi connectivity index (χ3v) is 4.23. The van der Waals surface area contributed by atoms with Crippen LogP contribution in [-0.2, 0) is 4.79 Å². The Bertz CT molecular complexity index is 505. The average Bonchev–Trinajstić information content (AvgIpc) is 2.52. The highest BCUT2D eigenvalue weighted by atomic mass is 16.3. The first kappa shape index (κ1) is 15.6. The quantitative estimate of drug-likeness (QED) is 0.575. The summed E-state index contributed by atoms with van der Waals surface area (Å²) in [6.45, 7) is 0.690. The van der Waals surface area contributed by atoms with Gasteiger partial charge in [0, 0.05) is 23.7 Å². The molecule has 1 aliphatic carbocycles. The van der Waals surface area contributed by atoms with Crippen LogP contribution in [0.3, 0.4) is 0 Å². The van der Waals surface area contributed by atoms with Crippen molar-refractivity contribution in [2.75, 3.05) is 18.9 Å². The lowest BCUT2D eigenvalue weighted by atomic mass is 9.74. The van der Waals surface area contributed by atoms with E-state index in [1.165, 1.54) is 12.5 Å². The van der Waals surface area contributed by atoms with Crippen molar-refractivity contribution in [3.63, 3.8) is 0 Å². The van der Waals surface area contributed by atoms with Crippen molar-refractivity contribution < 1.29 is 9.90 Å². The van der Waals surface area contributed by atoms with E-state index in [1.807, 2.05) is 24.3 Å². The fourth-order valence-corrected chi connectivity index (χ4v) is 2.86. The Morgan fingerprint density at radius 1 is 1.33 bits per heavy atom. The lowest BCUT2D eigenvalue weighted by Crippen LogP contribution is -2.40. The number of hydrogen-bond acceptors (Lipinski definition) is 3. The largest absolute Gasteiger partial charge is 0.399 e. The maximum absolute atomic E-state index is 11.9. The molecule has 0 unspecified atom stereocenters. The molecule has 0 saturated heterocycles. The highest BCUT2D eigenvalue weighted by molar-refractivity contribution is 5.91. The number of aliphatic hydroxyl groups excluding tert-OH is 1. The van der Waals surface area contributed by atoms with Crippen molar-refractivity contribution >= 4 is 17.7 Å². The molecule has 1 aliphatic rings. The lowest BCUT2D eigenvalue weighted by Gasteiger charge is -2.35. The van der Waals surface area contributed by atoms with Crippen molar-refractivity contribution in [1.29, 1.82) is 0 Å². The summed E-state index contributed by atoms with van der Waals surface area (Å²) in [5.74, 6) is -0.129. The van der Waals surface area contributed by atoms with E-state index >= 15 is 0 Å². The standard InChI is InChI=1S/C17H24N2O2/c18-15-6-4-5-14(11-15)7-8-16(21)19-12-17(13-20)9-2-1-3-10-17/h4-8,11,20H,1-3,9-10,12-13,18H2,(H,19,21)/b8-7+. The van der Waals surface area contributed by atoms with Gasteiger partial charge in [0.1, 0.15) is 0 Å². The van der Waals surface area contributed by atoms with E-state index in [2.05, 4.69) is 5.32 Å². The number of carbonyl (C=O) groups is 1. The third kappa shape index (κ3) is 4.60. The van der Waals surface area contributed by atoms with Crippen LogP contribution in [0.15, 0.2) is 30.3 Å². The van der Waals surface area contributed by atoms with Crippen LogP contribution in [0.25, 0.3) is 6.08 Å². The molecular weight excluding hydrogens is 264 g/mol. The summed E-state index contributed by atoms with van der Waals surface area (Å²) < 4.78 is 0. The lowest BCUT2D eigenvalue weighted by molar-refractivity contribution is -0.117. The van der Waals surface area contributed by atoms with Gasteiger partial charge in [0.05, 0.1) is 6.61 Å². The molecule has 0 spiro atoms. The summed E-state index contributed by atoms with van der Waals surface area (Å²) in [5.41, 5.74) is 7.15. The van der Waals surface area contributed by atoms with Crippen LogP contribution in [0.4, 0.5) is 5.69 Å². The van der Waals surface area contributed by atoms with E-state index in [0.29, 0.717) is 12.2 Å². The maximum Gasteiger partial charge on any atom is 0.244 e. The second-order valence-electron chi connectivity index (χ2n) is 5.94. The number of amides is 1. The number of anilines is 1. The van der Waals surface area contributed by atoms with Gasteiger partial charge in [-0.05, 0) is 36.6 Å². The molecule has 4 nitrogen and oxygen atoms in total. The molecule has 0 atom stereocenters. The van der Waals surface area contributed by atoms with Gasteiger partial charge in [-0.1, -0.05) is 31.4 Å². The molecule has 0 radical (unpaired) electrons. The molecule has 1 saturated carbocycles. The number of hydrogen-bond donors (Lipinski definition) is 3. The molecule has 114 valence electrons. The predicted molar refractivity (Wildman–Crippen MR) is 85.5 cm³/mol. The van der Waals surface area contributed by atoms with E-state index in [1.54, 1.807) is 6.08 Å². The molecule has 4 N–H and O–H groups in total. The zero-order valence-corrected chi connectivity index (χ0v) is 12.3. The molecule has 1 amide bonds. The van der Waals surface area contributed by atoms with Crippen LogP contribution in [0.5, 0.6) is 0 Å². The number of rotatable bonds is 5. The highest BCUT2D eigenvalue weighted by Crippen LogP contribution is 2.35. The Labute approximate surface area is 126 Å². The Hall–Kier alpha value is -1.81. The third-order valence-electron chi connectivity index (χ3n) is 4.23. The molecule has 21 heavy (non-hydrogen) atoms. The minimum Gasteiger partial charge on any atom is -0.399 e. The van der Waals surface area contributed by atoms with Gasteiger partial charge in [0.25, 0.3) is 0 Å². The highest BCUT2D eigenvalue weighted by Gasteiger charge is 2.31. The number of carbonyl (C=O) groups excluding carboxylic acids is 1. The number of nitrogens with one attached hydrogen (secondary N) is 1. The Kier molecular flexibility index (Phi) is 5.39. The minimum absolute atomic E-state index is 0.126. The number of nitrogens with two attached hydrogens (primary N) is 1. The Morgan fingerprint density at radius 2 is 2.10 bits per heavy atom. The van der Waals surface area contributed by atoms with Gasteiger partial charge < -0.3 is 16.2 Å². The van der Waals surface area contributed by atoms with Crippen LogP contribution in [0.2, 0.25) is 0 Å². The first-order valence-electron chi connectivity index (χ1n) is 7.56. The smallest absolute Gasteiger partial charge is 0.244 e. The number of aliphatic hydroxyl groups is 1. The normalized spacial score (nSPS) is 17.8. The summed E-state index contributed by atoms with van der Waals surface area (Å²) in [7, 11) is 0. The van der Waals surface area contributed by atoms with Gasteiger partial charge in [0.15, 0.2) is 0 Å². The Balaban J connectivity index is 1.86. The summed E-state index contributed by atoms with van der Waals surface area (Å²) >= 11 is 0. The van der Waals surface area contributed by atoms with E-state index in [4.69, 9.17) is 5.73 Å². The first-order chi connectivity index (χ1) is 10.1. The fourth-order valence-electron chi connectivity index (χ4n) is 2.86. The van der Waals surface area contributed by atoms with Crippen molar-refractivity contribution in [2.45, 2.75) is 32.1 Å². The molecule has 1 fully saturated rings. The summed E-state index contributed by atoms with van der Waals surface area (Å²) in [6.07, 6.45) is 8.74. The predicted octanol–water partition coefficient (Wildman–Crippen LogP) is 2.34. The molecule has 0 aromatic heterocycles. The number of nitrogen functional groups attached to an aromatic ring is 1. The van der Waals surface area contributed by atoms with Gasteiger partial charge in [-0.3, -0.25) is 4.79 Å². The molecule has 2 rings (SSSR count). The zero-order valence-electron chi connectivity index (χ0n) is 12.3. The SMILES string of the molecule is Nc1cccc(/C=C/C(=O)NCC2(CO)CCCCC2)c1. The van der Waals surface area contributed by atoms with Crippen molar-refractivity contribution in [1.82, 2.24) is 5.32 Å². The van der Waals surface area contributed by atoms with Gasteiger partial charge in [-0.25, -0.2) is 0 Å². The van der Waals surface area contributed by atoms with Crippen LogP contribution < -0.4 is 11.1 Å². The second-order valence-corrected chi connectivity index (χ2v) is 5.94. The van der Waals surface area contributed by atoms with Crippen LogP contribution in [-0.4, -0.2) is 24.2 Å². The second kappa shape index (κ2) is 7.27. The molecule has 0 heterocycles. The minimum atomic E-state index is -0.129. The van der Waals surface area contributed by atoms with E-state index < -0.39 is 0 Å². The van der Waals surface area contributed by atoms with Crippen molar-refractivity contribution in [3.05, 3.63) is 35.9 Å². The summed E-state index contributed by atoms with van der Waals surface area (Å²) in [6, 6.07) is 7.39. The molecule has 0 bridgehead atoms. The van der Waals surface area contributed by atoms with Gasteiger partial charge in [-0.15, -0.1) is 0 Å².